The number of aromatic nitrogens is 2. The molecule has 1 saturated heterocycles. The van der Waals surface area contributed by atoms with Gasteiger partial charge in [0.05, 0.1) is 11.4 Å². The number of carboxylic acids is 1. The van der Waals surface area contributed by atoms with E-state index in [1.165, 1.54) is 9.58 Å². The Hall–Kier alpha value is -2.74. The van der Waals surface area contributed by atoms with Crippen LogP contribution in [0.3, 0.4) is 0 Å². The summed E-state index contributed by atoms with van der Waals surface area (Å²) in [5.74, 6) is -1.56. The van der Waals surface area contributed by atoms with Crippen LogP contribution in [0.5, 0.6) is 0 Å². The fourth-order valence-electron chi connectivity index (χ4n) is 3.36. The molecule has 0 spiro atoms. The largest absolute Gasteiger partial charge is 0.480 e. The summed E-state index contributed by atoms with van der Waals surface area (Å²) in [4.78, 5) is 38.7. The van der Waals surface area contributed by atoms with Crippen LogP contribution in [0, 0.1) is 0 Å². The Balaban J connectivity index is 2.13. The van der Waals surface area contributed by atoms with Crippen molar-refractivity contribution in [1.82, 2.24) is 14.7 Å². The summed E-state index contributed by atoms with van der Waals surface area (Å²) in [6.45, 7) is 4.16. The number of fused-ring (bicyclic) bond motifs is 1. The maximum absolute atomic E-state index is 13.3. The third kappa shape index (κ3) is 3.85. The number of rotatable bonds is 5. The fraction of sp³-hybridized carbons (Fsp3) is 0.474. The Kier molecular flexibility index (Phi) is 5.55. The minimum absolute atomic E-state index is 0.103. The number of hydrogen-bond acceptors (Lipinski definition) is 5. The molecule has 1 amide bonds. The quantitative estimate of drug-likeness (QED) is 0.856. The highest BCUT2D eigenvalue weighted by atomic mass is 16.5. The van der Waals surface area contributed by atoms with Gasteiger partial charge in [0.1, 0.15) is 6.54 Å². The Labute approximate surface area is 156 Å². The van der Waals surface area contributed by atoms with Gasteiger partial charge in [-0.2, -0.15) is 5.10 Å². The summed E-state index contributed by atoms with van der Waals surface area (Å²) >= 11 is 0. The molecule has 2 aromatic rings. The molecule has 0 radical (unpaired) electrons. The molecule has 1 aromatic heterocycles. The highest BCUT2D eigenvalue weighted by Gasteiger charge is 2.31. The molecule has 0 atom stereocenters. The molecule has 1 aliphatic rings. The van der Waals surface area contributed by atoms with Gasteiger partial charge in [0.2, 0.25) is 0 Å². The molecule has 8 nitrogen and oxygen atoms in total. The van der Waals surface area contributed by atoms with E-state index in [0.717, 1.165) is 0 Å². The number of benzene rings is 1. The maximum atomic E-state index is 13.3. The first kappa shape index (κ1) is 19.0. The van der Waals surface area contributed by atoms with Crippen molar-refractivity contribution in [1.29, 1.82) is 0 Å². The first-order chi connectivity index (χ1) is 12.9. The van der Waals surface area contributed by atoms with E-state index in [9.17, 15) is 19.5 Å². The van der Waals surface area contributed by atoms with Crippen molar-refractivity contribution in [3.8, 4) is 0 Å². The van der Waals surface area contributed by atoms with E-state index in [-0.39, 0.29) is 23.3 Å². The second-order valence-corrected chi connectivity index (χ2v) is 6.91. The molecule has 0 saturated carbocycles. The van der Waals surface area contributed by atoms with Crippen molar-refractivity contribution in [3.63, 3.8) is 0 Å². The number of ether oxygens (including phenoxy) is 1. The van der Waals surface area contributed by atoms with Crippen LogP contribution < -0.4 is 5.56 Å². The molecule has 1 aliphatic heterocycles. The molecule has 0 unspecified atom stereocenters. The highest BCUT2D eigenvalue weighted by Crippen LogP contribution is 2.21. The van der Waals surface area contributed by atoms with Crippen molar-refractivity contribution in [2.75, 3.05) is 19.8 Å². The lowest BCUT2D eigenvalue weighted by Gasteiger charge is -2.33. The predicted octanol–water partition coefficient (Wildman–Crippen LogP) is 1.68. The first-order valence-corrected chi connectivity index (χ1v) is 9.02. The van der Waals surface area contributed by atoms with Crippen LogP contribution in [0.15, 0.2) is 29.1 Å². The van der Waals surface area contributed by atoms with Gasteiger partial charge in [-0.1, -0.05) is 18.2 Å². The summed E-state index contributed by atoms with van der Waals surface area (Å²) in [6.07, 6.45) is 1.14. The van der Waals surface area contributed by atoms with E-state index < -0.39 is 18.4 Å². The van der Waals surface area contributed by atoms with E-state index in [1.807, 2.05) is 13.8 Å². The minimum Gasteiger partial charge on any atom is -0.480 e. The lowest BCUT2D eigenvalue weighted by atomic mass is 10.0. The van der Waals surface area contributed by atoms with Gasteiger partial charge in [-0.15, -0.1) is 0 Å². The molecule has 1 aromatic carbocycles. The van der Waals surface area contributed by atoms with Crippen LogP contribution in [0.1, 0.15) is 43.2 Å². The number of carboxylic acid groups (broad SMARTS) is 1. The van der Waals surface area contributed by atoms with Gasteiger partial charge in [0.15, 0.2) is 5.69 Å². The zero-order valence-corrected chi connectivity index (χ0v) is 15.4. The van der Waals surface area contributed by atoms with Crippen LogP contribution in [-0.2, 0) is 9.53 Å². The molecule has 2 heterocycles. The van der Waals surface area contributed by atoms with Crippen molar-refractivity contribution in [2.45, 2.75) is 38.8 Å². The number of aliphatic carboxylic acids is 1. The number of carbonyl (C=O) groups excluding carboxylic acids is 1. The SMILES string of the molecule is CC(C)n1nc(C(=O)N(CC(=O)O)C2CCOCC2)c2ccccc2c1=O. The van der Waals surface area contributed by atoms with Crippen LogP contribution in [0.4, 0.5) is 0 Å². The van der Waals surface area contributed by atoms with Gasteiger partial charge in [-0.05, 0) is 32.8 Å². The van der Waals surface area contributed by atoms with Crippen LogP contribution in [-0.4, -0.2) is 57.5 Å². The van der Waals surface area contributed by atoms with E-state index in [4.69, 9.17) is 4.74 Å². The number of amides is 1. The second kappa shape index (κ2) is 7.87. The van der Waals surface area contributed by atoms with Gasteiger partial charge in [0.25, 0.3) is 11.5 Å². The summed E-state index contributed by atoms with van der Waals surface area (Å²) < 4.78 is 6.61. The molecular formula is C19H23N3O5. The average Bonchev–Trinajstić information content (AvgIpc) is 2.66. The van der Waals surface area contributed by atoms with Crippen molar-refractivity contribution < 1.29 is 19.4 Å². The zero-order chi connectivity index (χ0) is 19.6. The molecule has 1 fully saturated rings. The standard InChI is InChI=1S/C19H23N3O5/c1-12(2)22-18(25)15-6-4-3-5-14(15)17(20-22)19(26)21(11-16(23)24)13-7-9-27-10-8-13/h3-6,12-13H,7-11H2,1-2H3,(H,23,24). The molecule has 0 aliphatic carbocycles. The number of nitrogens with zero attached hydrogens (tertiary/aromatic N) is 3. The molecule has 144 valence electrons. The van der Waals surface area contributed by atoms with Crippen molar-refractivity contribution in [3.05, 3.63) is 40.3 Å². The summed E-state index contributed by atoms with van der Waals surface area (Å²) in [5, 5.41) is 14.5. The van der Waals surface area contributed by atoms with Crippen LogP contribution >= 0.6 is 0 Å². The van der Waals surface area contributed by atoms with E-state index in [0.29, 0.717) is 36.8 Å². The third-order valence-electron chi connectivity index (χ3n) is 4.72. The molecular weight excluding hydrogens is 350 g/mol. The third-order valence-corrected chi connectivity index (χ3v) is 4.72. The second-order valence-electron chi connectivity index (χ2n) is 6.91. The molecule has 0 bridgehead atoms. The van der Waals surface area contributed by atoms with E-state index >= 15 is 0 Å². The molecule has 1 N–H and O–H groups in total. The Morgan fingerprint density at radius 1 is 1.26 bits per heavy atom. The summed E-state index contributed by atoms with van der Waals surface area (Å²) in [5.41, 5.74) is -0.167. The maximum Gasteiger partial charge on any atom is 0.323 e. The lowest BCUT2D eigenvalue weighted by molar-refractivity contribution is -0.138. The van der Waals surface area contributed by atoms with Gasteiger partial charge >= 0.3 is 5.97 Å². The van der Waals surface area contributed by atoms with Crippen LogP contribution in [0.25, 0.3) is 10.8 Å². The summed E-state index contributed by atoms with van der Waals surface area (Å²) in [6, 6.07) is 6.33. The van der Waals surface area contributed by atoms with Crippen molar-refractivity contribution in [2.24, 2.45) is 0 Å². The van der Waals surface area contributed by atoms with Gasteiger partial charge in [-0.25, -0.2) is 4.68 Å². The van der Waals surface area contributed by atoms with Crippen molar-refractivity contribution >= 4 is 22.6 Å². The molecule has 3 rings (SSSR count). The Bertz CT molecular complexity index is 915. The Morgan fingerprint density at radius 2 is 1.89 bits per heavy atom. The first-order valence-electron chi connectivity index (χ1n) is 9.02. The number of hydrogen-bond donors (Lipinski definition) is 1. The van der Waals surface area contributed by atoms with Crippen LogP contribution in [0.2, 0.25) is 0 Å². The summed E-state index contributed by atoms with van der Waals surface area (Å²) in [7, 11) is 0. The molecule has 27 heavy (non-hydrogen) atoms. The topological polar surface area (TPSA) is 102 Å². The average molecular weight is 373 g/mol. The van der Waals surface area contributed by atoms with Gasteiger partial charge in [0, 0.05) is 24.6 Å². The zero-order valence-electron chi connectivity index (χ0n) is 15.4. The normalized spacial score (nSPS) is 15.2. The molecule has 8 heteroatoms. The lowest BCUT2D eigenvalue weighted by Crippen LogP contribution is -2.46. The Morgan fingerprint density at radius 3 is 2.48 bits per heavy atom. The predicted molar refractivity (Wildman–Crippen MR) is 98.9 cm³/mol. The number of carbonyl (C=O) groups is 2. The van der Waals surface area contributed by atoms with Gasteiger partial charge in [-0.3, -0.25) is 14.4 Å². The van der Waals surface area contributed by atoms with Gasteiger partial charge < -0.3 is 14.7 Å². The fourth-order valence-corrected chi connectivity index (χ4v) is 3.36. The minimum atomic E-state index is -1.09. The van der Waals surface area contributed by atoms with E-state index in [2.05, 4.69) is 5.10 Å². The highest BCUT2D eigenvalue weighted by molar-refractivity contribution is 6.05. The monoisotopic (exact) mass is 373 g/mol. The smallest absolute Gasteiger partial charge is 0.323 e. The van der Waals surface area contributed by atoms with E-state index in [1.54, 1.807) is 24.3 Å².